The molecule has 0 saturated heterocycles. The molecule has 122 valence electrons. The quantitative estimate of drug-likeness (QED) is 0.539. The first-order chi connectivity index (χ1) is 12.2. The maximum Gasteiger partial charge on any atom is 0.255 e. The fraction of sp³-hybridized carbons (Fsp3) is 0. The van der Waals surface area contributed by atoms with E-state index in [0.717, 1.165) is 5.56 Å². The van der Waals surface area contributed by atoms with E-state index >= 15 is 0 Å². The summed E-state index contributed by atoms with van der Waals surface area (Å²) in [6, 6.07) is 21.7. The van der Waals surface area contributed by atoms with Crippen molar-refractivity contribution < 1.29 is 9.21 Å². The maximum absolute atomic E-state index is 12.3. The molecule has 0 aliphatic carbocycles. The van der Waals surface area contributed by atoms with Crippen molar-refractivity contribution in [3.8, 4) is 11.5 Å². The van der Waals surface area contributed by atoms with Gasteiger partial charge in [0.15, 0.2) is 5.58 Å². The molecular formula is C20H13ClN2O2. The van der Waals surface area contributed by atoms with E-state index in [1.807, 2.05) is 42.5 Å². The summed E-state index contributed by atoms with van der Waals surface area (Å²) in [5.74, 6) is 0.315. The number of hydrogen-bond donors (Lipinski definition) is 1. The van der Waals surface area contributed by atoms with Gasteiger partial charge in [-0.1, -0.05) is 35.9 Å². The number of nitrogens with zero attached hydrogens (tertiary/aromatic N) is 1. The molecule has 0 bridgehead atoms. The van der Waals surface area contributed by atoms with Gasteiger partial charge in [0.1, 0.15) is 5.52 Å². The topological polar surface area (TPSA) is 55.1 Å². The zero-order valence-electron chi connectivity index (χ0n) is 13.1. The van der Waals surface area contributed by atoms with Crippen LogP contribution in [0.25, 0.3) is 22.6 Å². The van der Waals surface area contributed by atoms with Crippen LogP contribution in [0.3, 0.4) is 0 Å². The van der Waals surface area contributed by atoms with Crippen LogP contribution < -0.4 is 5.32 Å². The average molecular weight is 349 g/mol. The summed E-state index contributed by atoms with van der Waals surface area (Å²) in [6.45, 7) is 0. The van der Waals surface area contributed by atoms with Crippen LogP contribution in [-0.4, -0.2) is 10.9 Å². The molecule has 1 amide bonds. The van der Waals surface area contributed by atoms with Crippen LogP contribution in [0.1, 0.15) is 10.4 Å². The highest BCUT2D eigenvalue weighted by Gasteiger charge is 2.10. The van der Waals surface area contributed by atoms with Gasteiger partial charge in [-0.3, -0.25) is 4.79 Å². The second-order valence-electron chi connectivity index (χ2n) is 5.53. The van der Waals surface area contributed by atoms with E-state index < -0.39 is 0 Å². The Hall–Kier alpha value is -3.11. The van der Waals surface area contributed by atoms with Gasteiger partial charge < -0.3 is 9.73 Å². The molecule has 0 fully saturated rings. The molecule has 1 N–H and O–H groups in total. The Balaban J connectivity index is 1.63. The van der Waals surface area contributed by atoms with E-state index in [1.54, 1.807) is 30.3 Å². The minimum atomic E-state index is -0.165. The molecule has 25 heavy (non-hydrogen) atoms. The highest BCUT2D eigenvalue weighted by molar-refractivity contribution is 6.31. The number of carbonyl (C=O) groups is 1. The van der Waals surface area contributed by atoms with E-state index in [4.69, 9.17) is 16.0 Å². The Bertz CT molecular complexity index is 1060. The van der Waals surface area contributed by atoms with Gasteiger partial charge in [-0.25, -0.2) is 4.98 Å². The Morgan fingerprint density at radius 1 is 0.960 bits per heavy atom. The van der Waals surface area contributed by atoms with Crippen LogP contribution in [0, 0.1) is 0 Å². The molecule has 1 heterocycles. The first-order valence-electron chi connectivity index (χ1n) is 7.72. The van der Waals surface area contributed by atoms with Gasteiger partial charge in [0.2, 0.25) is 5.89 Å². The van der Waals surface area contributed by atoms with Crippen LogP contribution in [0.15, 0.2) is 77.2 Å². The Labute approximate surface area is 149 Å². The fourth-order valence-corrected chi connectivity index (χ4v) is 2.71. The minimum absolute atomic E-state index is 0.165. The molecule has 0 spiro atoms. The summed E-state index contributed by atoms with van der Waals surface area (Å²) in [5, 5.41) is 3.49. The van der Waals surface area contributed by atoms with Crippen molar-refractivity contribution in [1.29, 1.82) is 0 Å². The van der Waals surface area contributed by atoms with Gasteiger partial charge in [-0.2, -0.15) is 0 Å². The number of amides is 1. The number of aromatic nitrogens is 1. The van der Waals surface area contributed by atoms with Gasteiger partial charge in [0.25, 0.3) is 5.91 Å². The predicted octanol–water partition coefficient (Wildman–Crippen LogP) is 5.40. The summed E-state index contributed by atoms with van der Waals surface area (Å²) in [4.78, 5) is 16.7. The zero-order valence-corrected chi connectivity index (χ0v) is 13.8. The van der Waals surface area contributed by atoms with Gasteiger partial charge in [-0.15, -0.1) is 0 Å². The van der Waals surface area contributed by atoms with Gasteiger partial charge in [-0.05, 0) is 48.5 Å². The normalized spacial score (nSPS) is 10.8. The smallest absolute Gasteiger partial charge is 0.255 e. The van der Waals surface area contributed by atoms with Gasteiger partial charge in [0.05, 0.1) is 0 Å². The van der Waals surface area contributed by atoms with Crippen molar-refractivity contribution in [1.82, 2.24) is 4.98 Å². The summed E-state index contributed by atoms with van der Waals surface area (Å²) in [7, 11) is 0. The van der Waals surface area contributed by atoms with Crippen molar-refractivity contribution in [3.63, 3.8) is 0 Å². The largest absolute Gasteiger partial charge is 0.436 e. The number of hydrogen-bond acceptors (Lipinski definition) is 3. The predicted molar refractivity (Wildman–Crippen MR) is 98.9 cm³/mol. The molecule has 0 atom stereocenters. The number of carbonyl (C=O) groups excluding carboxylic acids is 1. The fourth-order valence-electron chi connectivity index (χ4n) is 2.55. The van der Waals surface area contributed by atoms with Crippen LogP contribution in [-0.2, 0) is 0 Å². The van der Waals surface area contributed by atoms with Crippen LogP contribution >= 0.6 is 11.6 Å². The summed E-state index contributed by atoms with van der Waals surface area (Å²) in [6.07, 6.45) is 0. The standard InChI is InChI=1S/C20H13ClN2O2/c21-15-9-10-18-17(12-15)23-20(25-18)14-7-4-8-16(11-14)22-19(24)13-5-2-1-3-6-13/h1-12H,(H,22,24). The molecule has 3 aromatic carbocycles. The van der Waals surface area contributed by atoms with E-state index in [2.05, 4.69) is 10.3 Å². The van der Waals surface area contributed by atoms with Crippen molar-refractivity contribution in [2.75, 3.05) is 5.32 Å². The molecule has 5 heteroatoms. The summed E-state index contributed by atoms with van der Waals surface area (Å²) in [5.41, 5.74) is 3.41. The zero-order chi connectivity index (χ0) is 17.2. The number of anilines is 1. The third-order valence-corrected chi connectivity index (χ3v) is 3.99. The second kappa shape index (κ2) is 6.42. The molecule has 0 aliphatic rings. The molecule has 4 aromatic rings. The lowest BCUT2D eigenvalue weighted by Crippen LogP contribution is -2.11. The monoisotopic (exact) mass is 348 g/mol. The lowest BCUT2D eigenvalue weighted by atomic mass is 10.1. The number of benzene rings is 3. The average Bonchev–Trinajstić information content (AvgIpc) is 3.06. The molecule has 1 aromatic heterocycles. The number of nitrogens with one attached hydrogen (secondary N) is 1. The molecule has 0 aliphatic heterocycles. The Morgan fingerprint density at radius 3 is 2.64 bits per heavy atom. The van der Waals surface area contributed by atoms with Crippen molar-refractivity contribution >= 4 is 34.3 Å². The van der Waals surface area contributed by atoms with Crippen LogP contribution in [0.5, 0.6) is 0 Å². The third-order valence-electron chi connectivity index (χ3n) is 3.75. The Morgan fingerprint density at radius 2 is 1.80 bits per heavy atom. The number of fused-ring (bicyclic) bond motifs is 1. The first kappa shape index (κ1) is 15.4. The second-order valence-corrected chi connectivity index (χ2v) is 5.97. The third kappa shape index (κ3) is 3.25. The number of rotatable bonds is 3. The highest BCUT2D eigenvalue weighted by atomic mass is 35.5. The molecular weight excluding hydrogens is 336 g/mol. The van der Waals surface area contributed by atoms with Crippen LogP contribution in [0.4, 0.5) is 5.69 Å². The highest BCUT2D eigenvalue weighted by Crippen LogP contribution is 2.27. The van der Waals surface area contributed by atoms with Crippen molar-refractivity contribution in [2.45, 2.75) is 0 Å². The molecule has 4 nitrogen and oxygen atoms in total. The van der Waals surface area contributed by atoms with Crippen molar-refractivity contribution in [2.24, 2.45) is 0 Å². The number of halogens is 1. The molecule has 0 unspecified atom stereocenters. The molecule has 4 rings (SSSR count). The van der Waals surface area contributed by atoms with Crippen molar-refractivity contribution in [3.05, 3.63) is 83.4 Å². The summed E-state index contributed by atoms with van der Waals surface area (Å²) >= 11 is 5.99. The van der Waals surface area contributed by atoms with E-state index in [0.29, 0.717) is 33.3 Å². The lowest BCUT2D eigenvalue weighted by Gasteiger charge is -2.06. The minimum Gasteiger partial charge on any atom is -0.436 e. The van der Waals surface area contributed by atoms with Gasteiger partial charge >= 0.3 is 0 Å². The summed E-state index contributed by atoms with van der Waals surface area (Å²) < 4.78 is 5.77. The molecule has 0 saturated carbocycles. The van der Waals surface area contributed by atoms with E-state index in [9.17, 15) is 4.79 Å². The van der Waals surface area contributed by atoms with E-state index in [1.165, 1.54) is 0 Å². The first-order valence-corrected chi connectivity index (χ1v) is 8.10. The van der Waals surface area contributed by atoms with Crippen LogP contribution in [0.2, 0.25) is 5.02 Å². The lowest BCUT2D eigenvalue weighted by molar-refractivity contribution is 0.102. The molecule has 0 radical (unpaired) electrons. The van der Waals surface area contributed by atoms with E-state index in [-0.39, 0.29) is 5.91 Å². The van der Waals surface area contributed by atoms with Gasteiger partial charge in [0, 0.05) is 21.8 Å². The maximum atomic E-state index is 12.3. The Kier molecular flexibility index (Phi) is 3.96. The SMILES string of the molecule is O=C(Nc1cccc(-c2nc3cc(Cl)ccc3o2)c1)c1ccccc1. The number of oxazole rings is 1.